The maximum atomic E-state index is 5.50. The topological polar surface area (TPSA) is 63.8 Å². The number of nitrogens with one attached hydrogen (secondary N) is 1. The fourth-order valence-electron chi connectivity index (χ4n) is 1.77. The van der Waals surface area contributed by atoms with Crippen molar-refractivity contribution in [3.05, 3.63) is 52.4 Å². The molecule has 2 rings (SSSR count). The SMILES string of the molecule is NCCc1nccc(NCCc2cccc(Br)c2)n1. The van der Waals surface area contributed by atoms with Crippen LogP contribution in [0, 0.1) is 0 Å². The Balaban J connectivity index is 1.87. The summed E-state index contributed by atoms with van der Waals surface area (Å²) in [5.41, 5.74) is 6.79. The van der Waals surface area contributed by atoms with Gasteiger partial charge in [0, 0.05) is 23.6 Å². The first kappa shape index (κ1) is 14.0. The molecule has 0 aliphatic heterocycles. The molecule has 1 aromatic heterocycles. The zero-order chi connectivity index (χ0) is 13.5. The number of halogens is 1. The summed E-state index contributed by atoms with van der Waals surface area (Å²) in [6, 6.07) is 10.2. The van der Waals surface area contributed by atoms with E-state index < -0.39 is 0 Å². The molecule has 0 amide bonds. The molecule has 2 aromatic rings. The molecule has 0 fully saturated rings. The van der Waals surface area contributed by atoms with E-state index in [0.717, 1.165) is 29.1 Å². The van der Waals surface area contributed by atoms with E-state index in [1.165, 1.54) is 5.56 Å². The van der Waals surface area contributed by atoms with Gasteiger partial charge in [0.15, 0.2) is 0 Å². The summed E-state index contributed by atoms with van der Waals surface area (Å²) < 4.78 is 1.11. The highest BCUT2D eigenvalue weighted by atomic mass is 79.9. The molecule has 1 heterocycles. The standard InChI is InChI=1S/C14H17BrN4/c15-12-3-1-2-11(10-12)5-8-17-14-6-9-18-13(19-14)4-7-16/h1-3,6,9-10H,4-5,7-8,16H2,(H,17,18,19). The molecule has 19 heavy (non-hydrogen) atoms. The molecular formula is C14H17BrN4. The number of benzene rings is 1. The fraction of sp³-hybridized carbons (Fsp3) is 0.286. The second-order valence-electron chi connectivity index (χ2n) is 4.20. The van der Waals surface area contributed by atoms with E-state index in [1.807, 2.05) is 18.2 Å². The molecule has 0 spiro atoms. The van der Waals surface area contributed by atoms with Gasteiger partial charge in [0.25, 0.3) is 0 Å². The molecule has 0 aliphatic carbocycles. The Bertz CT molecular complexity index is 530. The molecule has 0 atom stereocenters. The maximum absolute atomic E-state index is 5.50. The van der Waals surface area contributed by atoms with Gasteiger partial charge >= 0.3 is 0 Å². The number of nitrogens with zero attached hydrogens (tertiary/aromatic N) is 2. The Kier molecular flexibility index (Phi) is 5.30. The van der Waals surface area contributed by atoms with E-state index in [9.17, 15) is 0 Å². The van der Waals surface area contributed by atoms with Gasteiger partial charge in [-0.3, -0.25) is 0 Å². The van der Waals surface area contributed by atoms with Crippen LogP contribution < -0.4 is 11.1 Å². The summed E-state index contributed by atoms with van der Waals surface area (Å²) in [5.74, 6) is 1.64. The first-order chi connectivity index (χ1) is 9.28. The zero-order valence-corrected chi connectivity index (χ0v) is 12.2. The van der Waals surface area contributed by atoms with Crippen LogP contribution in [0.4, 0.5) is 5.82 Å². The van der Waals surface area contributed by atoms with Crippen molar-refractivity contribution in [3.63, 3.8) is 0 Å². The molecule has 1 aromatic carbocycles. The van der Waals surface area contributed by atoms with E-state index in [4.69, 9.17) is 5.73 Å². The third-order valence-electron chi connectivity index (χ3n) is 2.68. The smallest absolute Gasteiger partial charge is 0.131 e. The van der Waals surface area contributed by atoms with Gasteiger partial charge in [-0.2, -0.15) is 0 Å². The number of aromatic nitrogens is 2. The quantitative estimate of drug-likeness (QED) is 0.857. The predicted molar refractivity (Wildman–Crippen MR) is 81.1 cm³/mol. The summed E-state index contributed by atoms with van der Waals surface area (Å²) in [4.78, 5) is 8.57. The van der Waals surface area contributed by atoms with Crippen LogP contribution in [0.2, 0.25) is 0 Å². The Morgan fingerprint density at radius 2 is 2.11 bits per heavy atom. The number of nitrogens with two attached hydrogens (primary N) is 1. The van der Waals surface area contributed by atoms with E-state index in [0.29, 0.717) is 13.0 Å². The van der Waals surface area contributed by atoms with Crippen molar-refractivity contribution in [2.24, 2.45) is 5.73 Å². The van der Waals surface area contributed by atoms with E-state index in [1.54, 1.807) is 6.20 Å². The Morgan fingerprint density at radius 1 is 1.21 bits per heavy atom. The third-order valence-corrected chi connectivity index (χ3v) is 3.18. The minimum absolute atomic E-state index is 0.571. The van der Waals surface area contributed by atoms with Gasteiger partial charge in [-0.15, -0.1) is 0 Å². The maximum Gasteiger partial charge on any atom is 0.131 e. The van der Waals surface area contributed by atoms with Crippen LogP contribution in [0.25, 0.3) is 0 Å². The van der Waals surface area contributed by atoms with Gasteiger partial charge in [0.05, 0.1) is 0 Å². The van der Waals surface area contributed by atoms with Gasteiger partial charge in [-0.1, -0.05) is 28.1 Å². The van der Waals surface area contributed by atoms with Crippen LogP contribution >= 0.6 is 15.9 Å². The summed E-state index contributed by atoms with van der Waals surface area (Å²) in [5, 5.41) is 3.30. The Labute approximate surface area is 121 Å². The molecule has 5 heteroatoms. The van der Waals surface area contributed by atoms with Crippen molar-refractivity contribution >= 4 is 21.7 Å². The van der Waals surface area contributed by atoms with Crippen LogP contribution in [0.3, 0.4) is 0 Å². The lowest BCUT2D eigenvalue weighted by Gasteiger charge is -2.07. The third kappa shape index (κ3) is 4.61. The number of anilines is 1. The second kappa shape index (κ2) is 7.21. The summed E-state index contributed by atoms with van der Waals surface area (Å²) in [7, 11) is 0. The van der Waals surface area contributed by atoms with E-state index in [-0.39, 0.29) is 0 Å². The molecule has 0 saturated heterocycles. The van der Waals surface area contributed by atoms with Gasteiger partial charge in [0.1, 0.15) is 11.6 Å². The van der Waals surface area contributed by atoms with Gasteiger partial charge in [0.2, 0.25) is 0 Å². The molecule has 0 bridgehead atoms. The normalized spacial score (nSPS) is 10.4. The average molecular weight is 321 g/mol. The van der Waals surface area contributed by atoms with Crippen molar-refractivity contribution < 1.29 is 0 Å². The molecule has 0 saturated carbocycles. The first-order valence-electron chi connectivity index (χ1n) is 6.28. The summed E-state index contributed by atoms with van der Waals surface area (Å²) in [6.45, 7) is 1.41. The molecule has 0 aliphatic rings. The number of hydrogen-bond donors (Lipinski definition) is 2. The molecular weight excluding hydrogens is 304 g/mol. The molecule has 3 N–H and O–H groups in total. The fourth-order valence-corrected chi connectivity index (χ4v) is 2.22. The summed E-state index contributed by atoms with van der Waals surface area (Å²) in [6.07, 6.45) is 3.43. The molecule has 0 radical (unpaired) electrons. The average Bonchev–Trinajstić information content (AvgIpc) is 2.40. The van der Waals surface area contributed by atoms with Crippen molar-refractivity contribution in [3.8, 4) is 0 Å². The Hall–Kier alpha value is -1.46. The molecule has 4 nitrogen and oxygen atoms in total. The van der Waals surface area contributed by atoms with Crippen molar-refractivity contribution in [1.82, 2.24) is 9.97 Å². The number of rotatable bonds is 6. The lowest BCUT2D eigenvalue weighted by atomic mass is 10.1. The lowest BCUT2D eigenvalue weighted by Crippen LogP contribution is -2.10. The van der Waals surface area contributed by atoms with Crippen LogP contribution in [0.5, 0.6) is 0 Å². The highest BCUT2D eigenvalue weighted by Crippen LogP contribution is 2.12. The van der Waals surface area contributed by atoms with Crippen LogP contribution in [0.1, 0.15) is 11.4 Å². The van der Waals surface area contributed by atoms with Gasteiger partial charge in [-0.25, -0.2) is 9.97 Å². The largest absolute Gasteiger partial charge is 0.370 e. The molecule has 0 unspecified atom stereocenters. The van der Waals surface area contributed by atoms with E-state index in [2.05, 4.69) is 43.3 Å². The highest BCUT2D eigenvalue weighted by Gasteiger charge is 1.99. The van der Waals surface area contributed by atoms with Crippen molar-refractivity contribution in [2.45, 2.75) is 12.8 Å². The highest BCUT2D eigenvalue weighted by molar-refractivity contribution is 9.10. The van der Waals surface area contributed by atoms with E-state index >= 15 is 0 Å². The number of hydrogen-bond acceptors (Lipinski definition) is 4. The first-order valence-corrected chi connectivity index (χ1v) is 7.07. The van der Waals surface area contributed by atoms with Crippen LogP contribution in [0.15, 0.2) is 41.0 Å². The van der Waals surface area contributed by atoms with Crippen LogP contribution in [-0.4, -0.2) is 23.1 Å². The Morgan fingerprint density at radius 3 is 2.89 bits per heavy atom. The lowest BCUT2D eigenvalue weighted by molar-refractivity contribution is 0.864. The van der Waals surface area contributed by atoms with Gasteiger partial charge < -0.3 is 11.1 Å². The molecule has 100 valence electrons. The van der Waals surface area contributed by atoms with Crippen molar-refractivity contribution in [1.29, 1.82) is 0 Å². The minimum Gasteiger partial charge on any atom is -0.370 e. The minimum atomic E-state index is 0.571. The monoisotopic (exact) mass is 320 g/mol. The van der Waals surface area contributed by atoms with Gasteiger partial charge in [-0.05, 0) is 36.7 Å². The van der Waals surface area contributed by atoms with Crippen molar-refractivity contribution in [2.75, 3.05) is 18.4 Å². The second-order valence-corrected chi connectivity index (χ2v) is 5.12. The summed E-state index contributed by atoms with van der Waals surface area (Å²) >= 11 is 3.47. The zero-order valence-electron chi connectivity index (χ0n) is 10.6. The van der Waals surface area contributed by atoms with Crippen LogP contribution in [-0.2, 0) is 12.8 Å². The predicted octanol–water partition coefficient (Wildman–Crippen LogP) is 2.39.